The van der Waals surface area contributed by atoms with E-state index in [-0.39, 0.29) is 0 Å². The SMILES string of the molecule is CCOc1ccccc1/C=C/C(=O)OCC(=O)NCC(F)(F)F. The minimum Gasteiger partial charge on any atom is -0.493 e. The standard InChI is InChI=1S/C15H16F3NO4/c1-2-22-12-6-4-3-5-11(12)7-8-14(21)23-9-13(20)19-10-15(16,17)18/h3-8H,2,9-10H2,1H3,(H,19,20)/b8-7+. The molecule has 5 nitrogen and oxygen atoms in total. The molecule has 1 N–H and O–H groups in total. The molecule has 0 aromatic heterocycles. The van der Waals surface area contributed by atoms with Crippen LogP contribution in [0.1, 0.15) is 12.5 Å². The molecule has 0 radical (unpaired) electrons. The number of alkyl halides is 3. The molecule has 1 aromatic carbocycles. The Morgan fingerprint density at radius 2 is 1.96 bits per heavy atom. The lowest BCUT2D eigenvalue weighted by Crippen LogP contribution is -2.36. The van der Waals surface area contributed by atoms with Gasteiger partial charge in [0.15, 0.2) is 6.61 Å². The highest BCUT2D eigenvalue weighted by molar-refractivity contribution is 5.89. The fourth-order valence-electron chi connectivity index (χ4n) is 1.50. The minimum atomic E-state index is -4.51. The first-order chi connectivity index (χ1) is 10.8. The van der Waals surface area contributed by atoms with Gasteiger partial charge >= 0.3 is 12.1 Å². The molecule has 126 valence electrons. The molecule has 1 rings (SSSR count). The van der Waals surface area contributed by atoms with Crippen LogP contribution < -0.4 is 10.1 Å². The van der Waals surface area contributed by atoms with Crippen molar-refractivity contribution >= 4 is 18.0 Å². The van der Waals surface area contributed by atoms with Gasteiger partial charge in [-0.1, -0.05) is 18.2 Å². The molecule has 0 unspecified atom stereocenters. The normalized spacial score (nSPS) is 11.3. The zero-order valence-electron chi connectivity index (χ0n) is 12.4. The third-order valence-electron chi connectivity index (χ3n) is 2.45. The van der Waals surface area contributed by atoms with Crippen molar-refractivity contribution in [3.05, 3.63) is 35.9 Å². The Morgan fingerprint density at radius 1 is 1.26 bits per heavy atom. The van der Waals surface area contributed by atoms with Crippen molar-refractivity contribution in [3.8, 4) is 5.75 Å². The van der Waals surface area contributed by atoms with Gasteiger partial charge in [0.25, 0.3) is 5.91 Å². The predicted molar refractivity (Wildman–Crippen MR) is 76.7 cm³/mol. The Morgan fingerprint density at radius 3 is 2.61 bits per heavy atom. The van der Waals surface area contributed by atoms with Crippen LogP contribution in [0.4, 0.5) is 13.2 Å². The van der Waals surface area contributed by atoms with Crippen molar-refractivity contribution in [1.82, 2.24) is 5.32 Å². The second-order valence-corrected chi connectivity index (χ2v) is 4.30. The molecule has 0 aliphatic carbocycles. The summed E-state index contributed by atoms with van der Waals surface area (Å²) in [6.45, 7) is 0.0102. The zero-order valence-corrected chi connectivity index (χ0v) is 12.4. The second kappa shape index (κ2) is 8.82. The number of amides is 1. The van der Waals surface area contributed by atoms with E-state index in [1.54, 1.807) is 29.6 Å². The number of carbonyl (C=O) groups excluding carboxylic acids is 2. The molecule has 0 saturated carbocycles. The molecular weight excluding hydrogens is 315 g/mol. The molecule has 0 spiro atoms. The topological polar surface area (TPSA) is 64.6 Å². The Balaban J connectivity index is 2.46. The van der Waals surface area contributed by atoms with Gasteiger partial charge in [-0.05, 0) is 19.1 Å². The largest absolute Gasteiger partial charge is 0.493 e. The van der Waals surface area contributed by atoms with Crippen LogP contribution in [0.25, 0.3) is 6.08 Å². The highest BCUT2D eigenvalue weighted by Crippen LogP contribution is 2.19. The van der Waals surface area contributed by atoms with Gasteiger partial charge in [-0.15, -0.1) is 0 Å². The Kier molecular flexibility index (Phi) is 7.11. The van der Waals surface area contributed by atoms with Crippen LogP contribution in [0.3, 0.4) is 0 Å². The molecule has 0 heterocycles. The van der Waals surface area contributed by atoms with Gasteiger partial charge in [0, 0.05) is 11.6 Å². The molecule has 8 heteroatoms. The van der Waals surface area contributed by atoms with Crippen molar-refractivity contribution in [2.45, 2.75) is 13.1 Å². The number of rotatable bonds is 7. The van der Waals surface area contributed by atoms with Crippen LogP contribution in [0.15, 0.2) is 30.3 Å². The van der Waals surface area contributed by atoms with Gasteiger partial charge in [-0.25, -0.2) is 4.79 Å². The summed E-state index contributed by atoms with van der Waals surface area (Å²) in [5.74, 6) is -1.31. The fourth-order valence-corrected chi connectivity index (χ4v) is 1.50. The average Bonchev–Trinajstić information content (AvgIpc) is 2.49. The predicted octanol–water partition coefficient (Wildman–Crippen LogP) is 2.32. The average molecular weight is 331 g/mol. The molecule has 0 bridgehead atoms. The molecule has 0 aliphatic rings. The number of benzene rings is 1. The van der Waals surface area contributed by atoms with Crippen LogP contribution in [0, 0.1) is 0 Å². The lowest BCUT2D eigenvalue weighted by atomic mass is 10.2. The van der Waals surface area contributed by atoms with Gasteiger partial charge < -0.3 is 14.8 Å². The molecule has 0 aliphatic heterocycles. The lowest BCUT2D eigenvalue weighted by Gasteiger charge is -2.08. The van der Waals surface area contributed by atoms with E-state index in [1.807, 2.05) is 6.92 Å². The van der Waals surface area contributed by atoms with Gasteiger partial charge in [-0.3, -0.25) is 4.79 Å². The van der Waals surface area contributed by atoms with Gasteiger partial charge in [0.2, 0.25) is 0 Å². The zero-order chi connectivity index (χ0) is 17.3. The van der Waals surface area contributed by atoms with Gasteiger partial charge in [0.05, 0.1) is 6.61 Å². The Hall–Kier alpha value is -2.51. The number of hydrogen-bond acceptors (Lipinski definition) is 4. The molecule has 23 heavy (non-hydrogen) atoms. The van der Waals surface area contributed by atoms with E-state index in [4.69, 9.17) is 4.74 Å². The second-order valence-electron chi connectivity index (χ2n) is 4.30. The minimum absolute atomic E-state index is 0.453. The van der Waals surface area contributed by atoms with Crippen LogP contribution in [0.2, 0.25) is 0 Å². The maximum absolute atomic E-state index is 11.9. The van der Waals surface area contributed by atoms with Crippen molar-refractivity contribution in [2.24, 2.45) is 0 Å². The van der Waals surface area contributed by atoms with E-state index in [0.717, 1.165) is 6.08 Å². The summed E-state index contributed by atoms with van der Waals surface area (Å²) in [6, 6.07) is 6.95. The number of ether oxygens (including phenoxy) is 2. The highest BCUT2D eigenvalue weighted by atomic mass is 19.4. The maximum Gasteiger partial charge on any atom is 0.405 e. The van der Waals surface area contributed by atoms with Crippen LogP contribution >= 0.6 is 0 Å². The summed E-state index contributed by atoms with van der Waals surface area (Å²) in [5, 5.41) is 1.59. The maximum atomic E-state index is 11.9. The number of para-hydroxylation sites is 1. The van der Waals surface area contributed by atoms with Crippen LogP contribution in [-0.2, 0) is 14.3 Å². The summed E-state index contributed by atoms with van der Waals surface area (Å²) < 4.78 is 45.5. The van der Waals surface area contributed by atoms with Crippen molar-refractivity contribution in [1.29, 1.82) is 0 Å². The van der Waals surface area contributed by atoms with Crippen molar-refractivity contribution in [2.75, 3.05) is 19.8 Å². The van der Waals surface area contributed by atoms with Crippen LogP contribution in [0.5, 0.6) is 5.75 Å². The smallest absolute Gasteiger partial charge is 0.405 e. The van der Waals surface area contributed by atoms with Gasteiger partial charge in [-0.2, -0.15) is 13.2 Å². The van der Waals surface area contributed by atoms with Crippen molar-refractivity contribution < 1.29 is 32.2 Å². The number of carbonyl (C=O) groups is 2. The van der Waals surface area contributed by atoms with Gasteiger partial charge in [0.1, 0.15) is 12.3 Å². The summed E-state index contributed by atoms with van der Waals surface area (Å²) >= 11 is 0. The first-order valence-corrected chi connectivity index (χ1v) is 6.72. The molecule has 0 fully saturated rings. The summed E-state index contributed by atoms with van der Waals surface area (Å²) in [4.78, 5) is 22.5. The number of nitrogens with one attached hydrogen (secondary N) is 1. The molecule has 0 atom stereocenters. The van der Waals surface area contributed by atoms with E-state index in [0.29, 0.717) is 17.9 Å². The number of hydrogen-bond donors (Lipinski definition) is 1. The molecule has 1 amide bonds. The lowest BCUT2D eigenvalue weighted by molar-refractivity contribution is -0.148. The molecule has 1 aromatic rings. The van der Waals surface area contributed by atoms with E-state index >= 15 is 0 Å². The van der Waals surface area contributed by atoms with E-state index < -0.39 is 31.2 Å². The summed E-state index contributed by atoms with van der Waals surface area (Å²) in [7, 11) is 0. The highest BCUT2D eigenvalue weighted by Gasteiger charge is 2.27. The van der Waals surface area contributed by atoms with E-state index in [9.17, 15) is 22.8 Å². The Labute approximate surface area is 131 Å². The van der Waals surface area contributed by atoms with E-state index in [1.165, 1.54) is 6.08 Å². The quantitative estimate of drug-likeness (QED) is 0.615. The molecular formula is C15H16F3NO4. The third-order valence-corrected chi connectivity index (χ3v) is 2.45. The first kappa shape index (κ1) is 18.5. The van der Waals surface area contributed by atoms with Crippen LogP contribution in [-0.4, -0.2) is 37.8 Å². The fraction of sp³-hybridized carbons (Fsp3) is 0.333. The Bertz CT molecular complexity index is 570. The third kappa shape index (κ3) is 7.89. The monoisotopic (exact) mass is 331 g/mol. The molecule has 0 saturated heterocycles. The van der Waals surface area contributed by atoms with E-state index in [2.05, 4.69) is 4.74 Å². The number of esters is 1. The van der Waals surface area contributed by atoms with Crippen molar-refractivity contribution in [3.63, 3.8) is 0 Å². The number of halogens is 3. The summed E-state index contributed by atoms with van der Waals surface area (Å²) in [5.41, 5.74) is 0.632. The first-order valence-electron chi connectivity index (χ1n) is 6.72. The summed E-state index contributed by atoms with van der Waals surface area (Å²) in [6.07, 6.45) is -2.02.